The third kappa shape index (κ3) is 4.71. The molecule has 7 N–H and O–H groups in total. The standard InChI is InChI=1S/C23H22Cl2N8O2/c1-2-5-15(29-20-17(25)18(26)31-23(28)32-20)21-30-14-9-4-8-13(24)16(14)22(35)33(21)12-7-3-6-11(10-12)19(27)34/h3-4,6-10,15H,2,5H2,1H3,(H2,27,34)(H5,26,28,29,31,32). The van der Waals surface area contributed by atoms with Crippen LogP contribution in [-0.4, -0.2) is 25.4 Å². The quantitative estimate of drug-likeness (QED) is 0.290. The second-order valence-corrected chi connectivity index (χ2v) is 8.56. The second-order valence-electron chi connectivity index (χ2n) is 7.77. The zero-order chi connectivity index (χ0) is 25.3. The molecule has 0 spiro atoms. The number of benzene rings is 2. The van der Waals surface area contributed by atoms with Crippen LogP contribution in [0.5, 0.6) is 0 Å². The van der Waals surface area contributed by atoms with E-state index in [4.69, 9.17) is 45.4 Å². The van der Waals surface area contributed by atoms with Gasteiger partial charge in [-0.2, -0.15) is 9.97 Å². The Kier molecular flexibility index (Phi) is 6.77. The Labute approximate surface area is 210 Å². The van der Waals surface area contributed by atoms with Crippen LogP contribution in [0.3, 0.4) is 0 Å². The maximum Gasteiger partial charge on any atom is 0.267 e. The summed E-state index contributed by atoms with van der Waals surface area (Å²) in [5.41, 5.74) is 17.7. The maximum atomic E-state index is 13.8. The van der Waals surface area contributed by atoms with Gasteiger partial charge in [-0.25, -0.2) is 4.98 Å². The molecule has 0 aliphatic rings. The molecule has 35 heavy (non-hydrogen) atoms. The van der Waals surface area contributed by atoms with Crippen LogP contribution in [0, 0.1) is 0 Å². The highest BCUT2D eigenvalue weighted by Crippen LogP contribution is 2.31. The Bertz CT molecular complexity index is 1510. The molecule has 1 amide bonds. The largest absolute Gasteiger partial charge is 0.382 e. The van der Waals surface area contributed by atoms with E-state index in [9.17, 15) is 9.59 Å². The molecular formula is C23H22Cl2N8O2. The van der Waals surface area contributed by atoms with Crippen molar-refractivity contribution in [3.05, 3.63) is 74.3 Å². The number of hydrogen-bond acceptors (Lipinski definition) is 8. The van der Waals surface area contributed by atoms with Crippen molar-refractivity contribution in [3.63, 3.8) is 0 Å². The molecule has 2 heterocycles. The molecule has 0 fully saturated rings. The summed E-state index contributed by atoms with van der Waals surface area (Å²) in [5, 5.41) is 3.80. The van der Waals surface area contributed by atoms with Gasteiger partial charge in [-0.3, -0.25) is 14.2 Å². The van der Waals surface area contributed by atoms with Crippen molar-refractivity contribution in [1.29, 1.82) is 0 Å². The minimum Gasteiger partial charge on any atom is -0.382 e. The van der Waals surface area contributed by atoms with Gasteiger partial charge in [0.2, 0.25) is 11.9 Å². The van der Waals surface area contributed by atoms with Crippen LogP contribution < -0.4 is 28.1 Å². The molecule has 0 bridgehead atoms. The Balaban J connectivity index is 2.00. The summed E-state index contributed by atoms with van der Waals surface area (Å²) in [4.78, 5) is 38.4. The normalized spacial score (nSPS) is 12.0. The SMILES string of the molecule is CCCC(Nc1nc(N)nc(N)c1Cl)c1nc2cccc(Cl)c2c(=O)n1-c1cccc(C(N)=O)c1. The minimum atomic E-state index is -0.629. The summed E-state index contributed by atoms with van der Waals surface area (Å²) in [7, 11) is 0. The van der Waals surface area contributed by atoms with E-state index in [2.05, 4.69) is 15.3 Å². The first-order valence-corrected chi connectivity index (χ1v) is 11.4. The fourth-order valence-electron chi connectivity index (χ4n) is 3.79. The number of nitrogens with zero attached hydrogens (tertiary/aromatic N) is 4. The number of amides is 1. The lowest BCUT2D eigenvalue weighted by Gasteiger charge is -2.24. The van der Waals surface area contributed by atoms with Crippen molar-refractivity contribution in [3.8, 4) is 5.69 Å². The zero-order valence-corrected chi connectivity index (χ0v) is 20.1. The van der Waals surface area contributed by atoms with Gasteiger partial charge in [-0.15, -0.1) is 0 Å². The number of halogens is 2. The van der Waals surface area contributed by atoms with E-state index in [1.807, 2.05) is 6.92 Å². The number of rotatable bonds is 7. The number of carbonyl (C=O) groups is 1. The molecule has 2 aromatic heterocycles. The van der Waals surface area contributed by atoms with Crippen LogP contribution in [0.2, 0.25) is 10.0 Å². The fourth-order valence-corrected chi connectivity index (χ4v) is 4.18. The topological polar surface area (TPSA) is 168 Å². The first-order valence-electron chi connectivity index (χ1n) is 10.7. The van der Waals surface area contributed by atoms with Gasteiger partial charge in [-0.1, -0.05) is 48.7 Å². The van der Waals surface area contributed by atoms with Crippen molar-refractivity contribution in [2.75, 3.05) is 16.8 Å². The molecule has 180 valence electrons. The third-order valence-corrected chi connectivity index (χ3v) is 6.04. The molecule has 10 nitrogen and oxygen atoms in total. The average Bonchev–Trinajstić information content (AvgIpc) is 2.81. The number of fused-ring (bicyclic) bond motifs is 1. The Hall–Kier alpha value is -3.89. The highest BCUT2D eigenvalue weighted by molar-refractivity contribution is 6.35. The Morgan fingerprint density at radius 3 is 2.57 bits per heavy atom. The molecule has 4 rings (SSSR count). The molecule has 0 saturated carbocycles. The van der Waals surface area contributed by atoms with Crippen LogP contribution in [-0.2, 0) is 0 Å². The molecule has 2 aromatic carbocycles. The van der Waals surface area contributed by atoms with E-state index in [1.54, 1.807) is 36.4 Å². The summed E-state index contributed by atoms with van der Waals surface area (Å²) in [6.07, 6.45) is 1.25. The molecule has 0 aliphatic heterocycles. The molecule has 1 atom stereocenters. The first-order chi connectivity index (χ1) is 16.7. The number of aromatic nitrogens is 4. The van der Waals surface area contributed by atoms with Gasteiger partial charge in [0.25, 0.3) is 5.56 Å². The highest BCUT2D eigenvalue weighted by Gasteiger charge is 2.24. The summed E-state index contributed by atoms with van der Waals surface area (Å²) >= 11 is 12.7. The summed E-state index contributed by atoms with van der Waals surface area (Å²) in [6.45, 7) is 1.98. The predicted octanol–water partition coefficient (Wildman–Crippen LogP) is 3.70. The maximum absolute atomic E-state index is 13.8. The van der Waals surface area contributed by atoms with E-state index in [-0.39, 0.29) is 38.6 Å². The molecule has 4 aromatic rings. The number of carbonyl (C=O) groups excluding carboxylic acids is 1. The summed E-state index contributed by atoms with van der Waals surface area (Å²) in [5.74, 6) is -0.126. The summed E-state index contributed by atoms with van der Waals surface area (Å²) < 4.78 is 1.40. The number of hydrogen-bond donors (Lipinski definition) is 4. The molecular weight excluding hydrogens is 491 g/mol. The van der Waals surface area contributed by atoms with Crippen molar-refractivity contribution < 1.29 is 4.79 Å². The van der Waals surface area contributed by atoms with E-state index in [0.717, 1.165) is 6.42 Å². The van der Waals surface area contributed by atoms with E-state index in [1.165, 1.54) is 10.6 Å². The Morgan fingerprint density at radius 2 is 1.86 bits per heavy atom. The fraction of sp³-hybridized carbons (Fsp3) is 0.174. The van der Waals surface area contributed by atoms with Gasteiger partial charge in [0, 0.05) is 5.56 Å². The molecule has 0 radical (unpaired) electrons. The number of anilines is 3. The highest BCUT2D eigenvalue weighted by atomic mass is 35.5. The van der Waals surface area contributed by atoms with Gasteiger partial charge in [0.15, 0.2) is 5.82 Å². The van der Waals surface area contributed by atoms with Crippen LogP contribution >= 0.6 is 23.2 Å². The predicted molar refractivity (Wildman–Crippen MR) is 138 cm³/mol. The molecule has 0 aliphatic carbocycles. The van der Waals surface area contributed by atoms with E-state index in [0.29, 0.717) is 23.4 Å². The third-order valence-electron chi connectivity index (χ3n) is 5.36. The molecule has 0 saturated heterocycles. The van der Waals surface area contributed by atoms with Crippen LogP contribution in [0.25, 0.3) is 16.6 Å². The van der Waals surface area contributed by atoms with Crippen molar-refractivity contribution in [2.24, 2.45) is 5.73 Å². The minimum absolute atomic E-state index is 0.0155. The lowest BCUT2D eigenvalue weighted by Crippen LogP contribution is -2.29. The van der Waals surface area contributed by atoms with Crippen molar-refractivity contribution >= 4 is 57.6 Å². The van der Waals surface area contributed by atoms with E-state index < -0.39 is 17.5 Å². The smallest absolute Gasteiger partial charge is 0.267 e. The van der Waals surface area contributed by atoms with Gasteiger partial charge in [0.05, 0.1) is 27.7 Å². The van der Waals surface area contributed by atoms with Crippen molar-refractivity contribution in [1.82, 2.24) is 19.5 Å². The van der Waals surface area contributed by atoms with Gasteiger partial charge >= 0.3 is 0 Å². The average molecular weight is 513 g/mol. The zero-order valence-electron chi connectivity index (χ0n) is 18.6. The van der Waals surface area contributed by atoms with Crippen LogP contribution in [0.1, 0.15) is 42.0 Å². The molecule has 1 unspecified atom stereocenters. The monoisotopic (exact) mass is 512 g/mol. The van der Waals surface area contributed by atoms with Crippen molar-refractivity contribution in [2.45, 2.75) is 25.8 Å². The number of nitrogens with one attached hydrogen (secondary N) is 1. The summed E-state index contributed by atoms with van der Waals surface area (Å²) in [6, 6.07) is 10.9. The first kappa shape index (κ1) is 24.2. The molecule has 12 heteroatoms. The van der Waals surface area contributed by atoms with Crippen LogP contribution in [0.4, 0.5) is 17.6 Å². The number of nitrogen functional groups attached to an aromatic ring is 2. The van der Waals surface area contributed by atoms with Gasteiger partial charge in [-0.05, 0) is 36.8 Å². The number of primary amides is 1. The van der Waals surface area contributed by atoms with Gasteiger partial charge in [0.1, 0.15) is 16.7 Å². The van der Waals surface area contributed by atoms with Crippen LogP contribution in [0.15, 0.2) is 47.3 Å². The number of nitrogens with two attached hydrogens (primary N) is 3. The lowest BCUT2D eigenvalue weighted by atomic mass is 10.1. The lowest BCUT2D eigenvalue weighted by molar-refractivity contribution is 0.1000. The van der Waals surface area contributed by atoms with Gasteiger partial charge < -0.3 is 22.5 Å². The Morgan fingerprint density at radius 1 is 1.11 bits per heavy atom. The van der Waals surface area contributed by atoms with E-state index >= 15 is 0 Å². The second kappa shape index (κ2) is 9.77.